The molecule has 0 aromatic carbocycles. The standard InChI is InChI=1S/C11H19N3O/c1-9-5-13(2)12-11(9)7-14-4-3-10(6-14)8-15/h5,10,15H,3-4,6-8H2,1-2H3. The minimum atomic E-state index is 0.317. The number of aromatic nitrogens is 2. The van der Waals surface area contributed by atoms with Gasteiger partial charge in [0, 0.05) is 32.9 Å². The van der Waals surface area contributed by atoms with Crippen molar-refractivity contribution >= 4 is 0 Å². The molecule has 1 fully saturated rings. The number of aliphatic hydroxyl groups excluding tert-OH is 1. The average molecular weight is 209 g/mol. The molecule has 4 heteroatoms. The molecule has 0 amide bonds. The molecule has 1 aromatic heterocycles. The van der Waals surface area contributed by atoms with Crippen molar-refractivity contribution in [2.75, 3.05) is 19.7 Å². The van der Waals surface area contributed by atoms with E-state index < -0.39 is 0 Å². The highest BCUT2D eigenvalue weighted by molar-refractivity contribution is 5.14. The zero-order valence-electron chi connectivity index (χ0n) is 9.48. The van der Waals surface area contributed by atoms with Gasteiger partial charge in [0.1, 0.15) is 0 Å². The molecule has 15 heavy (non-hydrogen) atoms. The van der Waals surface area contributed by atoms with Crippen LogP contribution >= 0.6 is 0 Å². The summed E-state index contributed by atoms with van der Waals surface area (Å²) in [6.45, 7) is 5.43. The predicted octanol–water partition coefficient (Wildman–Crippen LogP) is 0.543. The molecule has 2 heterocycles. The molecule has 84 valence electrons. The smallest absolute Gasteiger partial charge is 0.0793 e. The normalized spacial score (nSPS) is 22.5. The molecule has 0 saturated carbocycles. The Labute approximate surface area is 90.5 Å². The van der Waals surface area contributed by atoms with Gasteiger partial charge in [-0.1, -0.05) is 0 Å². The summed E-state index contributed by atoms with van der Waals surface area (Å²) in [5.74, 6) is 0.467. The Bertz CT molecular complexity index is 335. The maximum Gasteiger partial charge on any atom is 0.0793 e. The van der Waals surface area contributed by atoms with Gasteiger partial charge in [0.15, 0.2) is 0 Å². The second-order valence-electron chi connectivity index (χ2n) is 4.50. The van der Waals surface area contributed by atoms with Crippen LogP contribution < -0.4 is 0 Å². The fourth-order valence-electron chi connectivity index (χ4n) is 2.23. The van der Waals surface area contributed by atoms with Crippen molar-refractivity contribution in [2.45, 2.75) is 19.9 Å². The third-order valence-electron chi connectivity index (χ3n) is 3.12. The number of aryl methyl sites for hydroxylation is 2. The van der Waals surface area contributed by atoms with Crippen LogP contribution in [-0.4, -0.2) is 39.5 Å². The third kappa shape index (κ3) is 2.38. The molecule has 0 aliphatic carbocycles. The lowest BCUT2D eigenvalue weighted by Gasteiger charge is -2.14. The minimum Gasteiger partial charge on any atom is -0.396 e. The van der Waals surface area contributed by atoms with E-state index in [2.05, 4.69) is 23.1 Å². The van der Waals surface area contributed by atoms with Crippen molar-refractivity contribution in [2.24, 2.45) is 13.0 Å². The van der Waals surface area contributed by atoms with E-state index in [1.165, 1.54) is 5.56 Å². The van der Waals surface area contributed by atoms with E-state index in [4.69, 9.17) is 5.11 Å². The lowest BCUT2D eigenvalue weighted by molar-refractivity contribution is 0.219. The van der Waals surface area contributed by atoms with E-state index in [9.17, 15) is 0 Å². The van der Waals surface area contributed by atoms with Crippen molar-refractivity contribution < 1.29 is 5.11 Å². The van der Waals surface area contributed by atoms with Crippen LogP contribution in [0, 0.1) is 12.8 Å². The largest absolute Gasteiger partial charge is 0.396 e. The van der Waals surface area contributed by atoms with Crippen LogP contribution in [-0.2, 0) is 13.6 Å². The molecule has 2 rings (SSSR count). The van der Waals surface area contributed by atoms with Crippen LogP contribution in [0.4, 0.5) is 0 Å². The number of likely N-dealkylation sites (tertiary alicyclic amines) is 1. The number of hydrogen-bond acceptors (Lipinski definition) is 3. The van der Waals surface area contributed by atoms with Crippen molar-refractivity contribution in [1.82, 2.24) is 14.7 Å². The fourth-order valence-corrected chi connectivity index (χ4v) is 2.23. The maximum atomic E-state index is 9.06. The monoisotopic (exact) mass is 209 g/mol. The van der Waals surface area contributed by atoms with Gasteiger partial charge in [0.25, 0.3) is 0 Å². The molecule has 1 unspecified atom stereocenters. The topological polar surface area (TPSA) is 41.3 Å². The SMILES string of the molecule is Cc1cn(C)nc1CN1CCC(CO)C1. The van der Waals surface area contributed by atoms with E-state index in [0.717, 1.165) is 31.7 Å². The van der Waals surface area contributed by atoms with Gasteiger partial charge >= 0.3 is 0 Å². The quantitative estimate of drug-likeness (QED) is 0.790. The number of aliphatic hydroxyl groups is 1. The van der Waals surface area contributed by atoms with Gasteiger partial charge in [0.2, 0.25) is 0 Å². The maximum absolute atomic E-state index is 9.06. The molecule has 4 nitrogen and oxygen atoms in total. The van der Waals surface area contributed by atoms with Crippen LogP contribution in [0.5, 0.6) is 0 Å². The Balaban J connectivity index is 1.95. The average Bonchev–Trinajstić information content (AvgIpc) is 2.75. The second-order valence-corrected chi connectivity index (χ2v) is 4.50. The highest BCUT2D eigenvalue weighted by atomic mass is 16.3. The number of rotatable bonds is 3. The summed E-state index contributed by atoms with van der Waals surface area (Å²) >= 11 is 0. The van der Waals surface area contributed by atoms with Crippen LogP contribution in [0.1, 0.15) is 17.7 Å². The lowest BCUT2D eigenvalue weighted by atomic mass is 10.1. The van der Waals surface area contributed by atoms with Crippen LogP contribution in [0.25, 0.3) is 0 Å². The first-order chi connectivity index (χ1) is 7.19. The molecule has 1 saturated heterocycles. The van der Waals surface area contributed by atoms with Crippen LogP contribution in [0.2, 0.25) is 0 Å². The minimum absolute atomic E-state index is 0.317. The Morgan fingerprint density at radius 1 is 1.60 bits per heavy atom. The van der Waals surface area contributed by atoms with Gasteiger partial charge in [-0.05, 0) is 31.4 Å². The Morgan fingerprint density at radius 2 is 2.40 bits per heavy atom. The molecule has 1 aliphatic heterocycles. The zero-order valence-corrected chi connectivity index (χ0v) is 9.48. The molecule has 1 atom stereocenters. The van der Waals surface area contributed by atoms with Crippen LogP contribution in [0.15, 0.2) is 6.20 Å². The molecular weight excluding hydrogens is 190 g/mol. The second kappa shape index (κ2) is 4.33. The highest BCUT2D eigenvalue weighted by Gasteiger charge is 2.22. The van der Waals surface area contributed by atoms with Crippen LogP contribution in [0.3, 0.4) is 0 Å². The molecular formula is C11H19N3O. The molecule has 0 bridgehead atoms. The van der Waals surface area contributed by atoms with E-state index in [0.29, 0.717) is 12.5 Å². The first kappa shape index (κ1) is 10.6. The van der Waals surface area contributed by atoms with Gasteiger partial charge in [-0.25, -0.2) is 0 Å². The molecule has 0 spiro atoms. The van der Waals surface area contributed by atoms with Gasteiger partial charge in [-0.3, -0.25) is 9.58 Å². The zero-order chi connectivity index (χ0) is 10.8. The van der Waals surface area contributed by atoms with Crippen molar-refractivity contribution in [3.8, 4) is 0 Å². The van der Waals surface area contributed by atoms with Gasteiger partial charge in [-0.2, -0.15) is 5.10 Å². The Hall–Kier alpha value is -0.870. The number of hydrogen-bond donors (Lipinski definition) is 1. The van der Waals surface area contributed by atoms with Crippen molar-refractivity contribution in [3.63, 3.8) is 0 Å². The first-order valence-electron chi connectivity index (χ1n) is 5.51. The third-order valence-corrected chi connectivity index (χ3v) is 3.12. The van der Waals surface area contributed by atoms with Crippen molar-refractivity contribution in [1.29, 1.82) is 0 Å². The summed E-state index contributed by atoms with van der Waals surface area (Å²) in [7, 11) is 1.96. The van der Waals surface area contributed by atoms with Gasteiger partial charge in [0.05, 0.1) is 5.69 Å². The van der Waals surface area contributed by atoms with E-state index in [1.54, 1.807) is 0 Å². The van der Waals surface area contributed by atoms with Gasteiger partial charge in [-0.15, -0.1) is 0 Å². The lowest BCUT2D eigenvalue weighted by Crippen LogP contribution is -2.21. The first-order valence-corrected chi connectivity index (χ1v) is 5.51. The summed E-state index contributed by atoms with van der Waals surface area (Å²) in [5.41, 5.74) is 2.42. The predicted molar refractivity (Wildman–Crippen MR) is 58.4 cm³/mol. The Kier molecular flexibility index (Phi) is 3.07. The van der Waals surface area contributed by atoms with E-state index >= 15 is 0 Å². The molecule has 1 aliphatic rings. The molecule has 1 aromatic rings. The summed E-state index contributed by atoms with van der Waals surface area (Å²) in [6.07, 6.45) is 3.16. The number of nitrogens with zero attached hydrogens (tertiary/aromatic N) is 3. The summed E-state index contributed by atoms with van der Waals surface area (Å²) in [6, 6.07) is 0. The van der Waals surface area contributed by atoms with E-state index in [-0.39, 0.29) is 0 Å². The van der Waals surface area contributed by atoms with Crippen molar-refractivity contribution in [3.05, 3.63) is 17.5 Å². The summed E-state index contributed by atoms with van der Waals surface area (Å²) < 4.78 is 1.87. The van der Waals surface area contributed by atoms with Gasteiger partial charge < -0.3 is 5.11 Å². The van der Waals surface area contributed by atoms with E-state index in [1.807, 2.05) is 11.7 Å². The summed E-state index contributed by atoms with van der Waals surface area (Å²) in [4.78, 5) is 2.37. The molecule has 1 N–H and O–H groups in total. The Morgan fingerprint density at radius 3 is 2.93 bits per heavy atom. The highest BCUT2D eigenvalue weighted by Crippen LogP contribution is 2.18. The fraction of sp³-hybridized carbons (Fsp3) is 0.727. The molecule has 0 radical (unpaired) electrons. The summed E-state index contributed by atoms with van der Waals surface area (Å²) in [5, 5.41) is 13.5.